The normalized spacial score (nSPS) is 13.8. The van der Waals surface area contributed by atoms with Gasteiger partial charge in [0.05, 0.1) is 52.0 Å². The molecule has 1 aliphatic rings. The molecule has 10 nitrogen and oxygen atoms in total. The zero-order valence-electron chi connectivity index (χ0n) is 27.6. The van der Waals surface area contributed by atoms with Crippen LogP contribution in [0.4, 0.5) is 5.69 Å². The predicted octanol–water partition coefficient (Wildman–Crippen LogP) is 8.08. The number of benzene rings is 4. The van der Waals surface area contributed by atoms with Gasteiger partial charge < -0.3 is 14.2 Å². The van der Waals surface area contributed by atoms with Crippen molar-refractivity contribution in [3.63, 3.8) is 0 Å². The van der Waals surface area contributed by atoms with Gasteiger partial charge in [0.2, 0.25) is 11.8 Å². The minimum atomic E-state index is -0.893. The molecule has 1 aliphatic heterocycles. The number of Topliss-reactive ketones (excluding diaryl/α,β-unsaturated/α-hetero) is 1. The zero-order chi connectivity index (χ0) is 36.9. The van der Waals surface area contributed by atoms with Crippen LogP contribution in [0.5, 0.6) is 11.5 Å². The van der Waals surface area contributed by atoms with Gasteiger partial charge in [-0.15, -0.1) is 0 Å². The molecule has 1 aromatic heterocycles. The lowest BCUT2D eigenvalue weighted by Gasteiger charge is -2.17. The zero-order valence-corrected chi connectivity index (χ0v) is 29.9. The summed E-state index contributed by atoms with van der Waals surface area (Å²) in [6.07, 6.45) is -0.149. The summed E-state index contributed by atoms with van der Waals surface area (Å²) in [5, 5.41) is 10.3. The molecule has 0 radical (unpaired) electrons. The second-order valence-electron chi connectivity index (χ2n) is 11.3. The number of methoxy groups -OCH3 is 2. The van der Waals surface area contributed by atoms with E-state index >= 15 is 0 Å². The maximum Gasteiger partial charge on any atom is 0.338 e. The fourth-order valence-electron chi connectivity index (χ4n) is 5.52. The maximum atomic E-state index is 13.8. The first kappa shape index (κ1) is 36.1. The van der Waals surface area contributed by atoms with Gasteiger partial charge in [0.1, 0.15) is 22.6 Å². The van der Waals surface area contributed by atoms with E-state index in [0.717, 1.165) is 22.2 Å². The Morgan fingerprint density at radius 3 is 2.29 bits per heavy atom. The highest BCUT2D eigenvalue weighted by atomic mass is 35.5. The first-order valence-electron chi connectivity index (χ1n) is 15.6. The van der Waals surface area contributed by atoms with Gasteiger partial charge >= 0.3 is 5.97 Å². The molecule has 0 N–H and O–H groups in total. The van der Waals surface area contributed by atoms with Crippen LogP contribution >= 0.6 is 35.0 Å². The van der Waals surface area contributed by atoms with E-state index in [-0.39, 0.29) is 43.9 Å². The third-order valence-corrected chi connectivity index (χ3v) is 10.1. The van der Waals surface area contributed by atoms with Crippen LogP contribution in [0, 0.1) is 11.3 Å². The molecule has 4 aromatic carbocycles. The number of nitrogens with zero attached hydrogens (tertiary/aromatic N) is 3. The summed E-state index contributed by atoms with van der Waals surface area (Å²) in [6, 6.07) is 28.7. The summed E-state index contributed by atoms with van der Waals surface area (Å²) in [6.45, 7) is -0.531. The van der Waals surface area contributed by atoms with Crippen molar-refractivity contribution in [2.45, 2.75) is 16.7 Å². The number of rotatable bonds is 11. The van der Waals surface area contributed by atoms with E-state index in [4.69, 9.17) is 42.4 Å². The van der Waals surface area contributed by atoms with Crippen LogP contribution in [0.2, 0.25) is 10.0 Å². The highest BCUT2D eigenvalue weighted by molar-refractivity contribution is 8.00. The molecule has 260 valence electrons. The minimum absolute atomic E-state index is 0.108. The number of aromatic nitrogens is 1. The number of ether oxygens (including phenoxy) is 3. The summed E-state index contributed by atoms with van der Waals surface area (Å²) < 4.78 is 16.3. The summed E-state index contributed by atoms with van der Waals surface area (Å²) >= 11 is 12.9. The molecule has 0 spiro atoms. The first-order chi connectivity index (χ1) is 25.1. The fourth-order valence-corrected chi connectivity index (χ4v) is 6.95. The van der Waals surface area contributed by atoms with Crippen molar-refractivity contribution < 1.29 is 33.4 Å². The van der Waals surface area contributed by atoms with Crippen molar-refractivity contribution in [1.82, 2.24) is 4.98 Å². The van der Waals surface area contributed by atoms with Crippen LogP contribution in [0.25, 0.3) is 22.4 Å². The largest absolute Gasteiger partial charge is 0.497 e. The van der Waals surface area contributed by atoms with Gasteiger partial charge in [0, 0.05) is 28.7 Å². The van der Waals surface area contributed by atoms with Crippen LogP contribution < -0.4 is 14.4 Å². The van der Waals surface area contributed by atoms with Crippen molar-refractivity contribution in [3.05, 3.63) is 124 Å². The lowest BCUT2D eigenvalue weighted by molar-refractivity contribution is -0.121. The van der Waals surface area contributed by atoms with Crippen molar-refractivity contribution in [2.75, 3.05) is 25.7 Å². The molecule has 1 unspecified atom stereocenters. The van der Waals surface area contributed by atoms with E-state index < -0.39 is 35.4 Å². The summed E-state index contributed by atoms with van der Waals surface area (Å²) in [5.74, 6) is -1.16. The molecule has 0 aliphatic carbocycles. The molecule has 1 fully saturated rings. The van der Waals surface area contributed by atoms with Crippen LogP contribution in [-0.4, -0.2) is 54.6 Å². The van der Waals surface area contributed by atoms with E-state index in [1.807, 2.05) is 30.3 Å². The number of hydrogen-bond donors (Lipinski definition) is 0. The molecule has 0 saturated carbocycles. The quantitative estimate of drug-likeness (QED) is 0.0740. The Hall–Kier alpha value is -5.67. The molecule has 1 saturated heterocycles. The van der Waals surface area contributed by atoms with Crippen LogP contribution in [0.1, 0.15) is 32.7 Å². The molecule has 1 atom stereocenters. The predicted molar refractivity (Wildman–Crippen MR) is 197 cm³/mol. The molecule has 5 aromatic rings. The van der Waals surface area contributed by atoms with Gasteiger partial charge in [-0.05, 0) is 66.7 Å². The number of nitriles is 1. The lowest BCUT2D eigenvalue weighted by atomic mass is 9.98. The number of esters is 1. The number of halogens is 2. The smallest absolute Gasteiger partial charge is 0.338 e. The average Bonchev–Trinajstić information content (AvgIpc) is 3.45. The van der Waals surface area contributed by atoms with E-state index in [9.17, 15) is 24.4 Å². The van der Waals surface area contributed by atoms with E-state index in [2.05, 4.69) is 6.07 Å². The highest BCUT2D eigenvalue weighted by Gasteiger charge is 2.41. The third-order valence-electron chi connectivity index (χ3n) is 8.16. The van der Waals surface area contributed by atoms with Gasteiger partial charge in [-0.2, -0.15) is 5.26 Å². The van der Waals surface area contributed by atoms with E-state index in [1.54, 1.807) is 24.3 Å². The minimum Gasteiger partial charge on any atom is -0.497 e. The second-order valence-corrected chi connectivity index (χ2v) is 13.3. The Morgan fingerprint density at radius 2 is 1.62 bits per heavy atom. The lowest BCUT2D eigenvalue weighted by Crippen LogP contribution is -2.31. The molecule has 6 rings (SSSR count). The van der Waals surface area contributed by atoms with Gasteiger partial charge in [-0.25, -0.2) is 14.7 Å². The molecular formula is C39H27Cl2N3O7S. The van der Waals surface area contributed by atoms with Gasteiger partial charge in [-0.3, -0.25) is 14.4 Å². The van der Waals surface area contributed by atoms with Crippen molar-refractivity contribution in [2.24, 2.45) is 0 Å². The SMILES string of the molecule is COc1ccc(OC)c(-c2cc(-c3ccccc3)nc(SC3CC(=O)N(c4ccc(C(=O)OCC(=O)c5ccc(Cl)c(Cl)c5)cc4)C3=O)c2C#N)c1. The number of thioether (sulfide) groups is 1. The highest BCUT2D eigenvalue weighted by Crippen LogP contribution is 2.42. The Bertz CT molecular complexity index is 2260. The number of ketones is 1. The number of carbonyl (C=O) groups is 4. The van der Waals surface area contributed by atoms with Gasteiger partial charge in [-0.1, -0.05) is 65.3 Å². The molecule has 2 heterocycles. The Kier molecular flexibility index (Phi) is 10.9. The fraction of sp³-hybridized carbons (Fsp3) is 0.128. The number of imide groups is 1. The summed E-state index contributed by atoms with van der Waals surface area (Å²) in [7, 11) is 3.07. The summed E-state index contributed by atoms with van der Waals surface area (Å²) in [4.78, 5) is 58.1. The average molecular weight is 753 g/mol. The Labute approximate surface area is 312 Å². The van der Waals surface area contributed by atoms with Crippen LogP contribution in [0.15, 0.2) is 102 Å². The molecular weight excluding hydrogens is 725 g/mol. The van der Waals surface area contributed by atoms with Crippen molar-refractivity contribution >= 4 is 64.2 Å². The number of amides is 2. The molecule has 2 amide bonds. The third kappa shape index (κ3) is 7.50. The van der Waals surface area contributed by atoms with Crippen LogP contribution in [0.3, 0.4) is 0 Å². The number of pyridine rings is 1. The molecule has 52 heavy (non-hydrogen) atoms. The monoisotopic (exact) mass is 751 g/mol. The van der Waals surface area contributed by atoms with E-state index in [1.165, 1.54) is 56.7 Å². The van der Waals surface area contributed by atoms with E-state index in [0.29, 0.717) is 28.3 Å². The number of hydrogen-bond acceptors (Lipinski definition) is 10. The molecule has 13 heteroatoms. The maximum absolute atomic E-state index is 13.8. The topological polar surface area (TPSA) is 136 Å². The first-order valence-corrected chi connectivity index (χ1v) is 17.3. The summed E-state index contributed by atoms with van der Waals surface area (Å²) in [5.41, 5.74) is 3.23. The number of carbonyl (C=O) groups excluding carboxylic acids is 4. The van der Waals surface area contributed by atoms with Crippen molar-refractivity contribution in [1.29, 1.82) is 5.26 Å². The van der Waals surface area contributed by atoms with Crippen molar-refractivity contribution in [3.8, 4) is 40.0 Å². The standard InChI is InChI=1S/C39H27Cl2N3O7S/c1-49-26-13-15-34(50-2)28(17-26)27-18-32(22-6-4-3-5-7-22)43-37(29(27)20-42)52-35-19-36(46)44(38(35)47)25-11-8-23(9-12-25)39(48)51-21-33(45)24-10-14-30(40)31(41)16-24/h3-18,35H,19,21H2,1-2H3. The Morgan fingerprint density at radius 1 is 0.885 bits per heavy atom. The molecule has 0 bridgehead atoms. The van der Waals surface area contributed by atoms with Gasteiger partial charge in [0.25, 0.3) is 0 Å². The number of anilines is 1. The van der Waals surface area contributed by atoms with Crippen LogP contribution in [-0.2, 0) is 14.3 Å². The Balaban J connectivity index is 1.24. The second kappa shape index (κ2) is 15.7. The van der Waals surface area contributed by atoms with Gasteiger partial charge in [0.15, 0.2) is 12.4 Å².